The van der Waals surface area contributed by atoms with Gasteiger partial charge in [-0.2, -0.15) is 0 Å². The van der Waals surface area contributed by atoms with Crippen LogP contribution in [0.4, 0.5) is 22.7 Å². The summed E-state index contributed by atoms with van der Waals surface area (Å²) in [6.45, 7) is 16.2. The quantitative estimate of drug-likeness (QED) is 0.141. The molecule has 0 aliphatic rings. The van der Waals surface area contributed by atoms with Crippen LogP contribution in [-0.2, 0) is 33.6 Å². The zero-order valence-corrected chi connectivity index (χ0v) is 40.4. The van der Waals surface area contributed by atoms with Gasteiger partial charge in [0.15, 0.2) is 0 Å². The SMILES string of the molecule is CC(=Nc1ccccc1C)c1cccc(C(C)=Nc2ccccc2C)n1.CC(=Nc1ccccc1C)c1cccc(C(C)=Nc2ccccc2C)n1.[Co].[Co].[O-]c1cc2ccccc2cc1[O-]. The van der Waals surface area contributed by atoms with E-state index in [2.05, 4.69) is 52.0 Å². The van der Waals surface area contributed by atoms with Gasteiger partial charge in [0.05, 0.1) is 68.4 Å². The molecule has 338 valence electrons. The van der Waals surface area contributed by atoms with Crippen molar-refractivity contribution in [2.75, 3.05) is 0 Å². The van der Waals surface area contributed by atoms with Crippen LogP contribution >= 0.6 is 0 Å². The molecule has 2 aromatic heterocycles. The molecule has 0 aliphatic carbocycles. The van der Waals surface area contributed by atoms with Crippen molar-refractivity contribution in [3.63, 3.8) is 0 Å². The Morgan fingerprint density at radius 2 is 0.561 bits per heavy atom. The minimum Gasteiger partial charge on any atom is -0.873 e. The van der Waals surface area contributed by atoms with Gasteiger partial charge >= 0.3 is 0 Å². The Morgan fingerprint density at radius 3 is 0.803 bits per heavy atom. The maximum atomic E-state index is 10.9. The predicted octanol–water partition coefficient (Wildman–Crippen LogP) is 12.9. The summed E-state index contributed by atoms with van der Waals surface area (Å²) in [7, 11) is 0. The van der Waals surface area contributed by atoms with Gasteiger partial charge in [-0.15, -0.1) is 11.5 Å². The van der Waals surface area contributed by atoms with Crippen molar-refractivity contribution in [3.05, 3.63) is 215 Å². The Hall–Kier alpha value is -6.83. The first kappa shape index (κ1) is 51.8. The number of fused-ring (bicyclic) bond motifs is 1. The molecule has 0 saturated carbocycles. The maximum absolute atomic E-state index is 10.9. The Labute approximate surface area is 409 Å². The van der Waals surface area contributed by atoms with Crippen LogP contribution in [0.1, 0.15) is 72.7 Å². The number of aryl methyl sites for hydroxylation is 4. The van der Waals surface area contributed by atoms with Crippen LogP contribution in [0.3, 0.4) is 0 Å². The number of aromatic nitrogens is 2. The molecule has 6 aromatic carbocycles. The summed E-state index contributed by atoms with van der Waals surface area (Å²) in [5, 5.41) is 23.5. The van der Waals surface area contributed by atoms with Gasteiger partial charge in [0.2, 0.25) is 0 Å². The summed E-state index contributed by atoms with van der Waals surface area (Å²) in [6.07, 6.45) is 0. The van der Waals surface area contributed by atoms with E-state index < -0.39 is 11.5 Å². The second-order valence-electron chi connectivity index (χ2n) is 15.4. The van der Waals surface area contributed by atoms with E-state index in [1.807, 2.05) is 161 Å². The van der Waals surface area contributed by atoms with E-state index in [0.717, 1.165) is 101 Å². The van der Waals surface area contributed by atoms with Crippen molar-refractivity contribution in [3.8, 4) is 11.5 Å². The van der Waals surface area contributed by atoms with E-state index in [9.17, 15) is 10.2 Å². The van der Waals surface area contributed by atoms with Gasteiger partial charge in [0.1, 0.15) is 0 Å². The molecule has 0 spiro atoms. The number of rotatable bonds is 8. The van der Waals surface area contributed by atoms with Crippen molar-refractivity contribution in [1.29, 1.82) is 0 Å². The summed E-state index contributed by atoms with van der Waals surface area (Å²) >= 11 is 0. The molecule has 8 rings (SSSR count). The monoisotopic (exact) mass is 958 g/mol. The normalized spacial score (nSPS) is 11.6. The summed E-state index contributed by atoms with van der Waals surface area (Å²) in [5.74, 6) is -0.873. The molecule has 66 heavy (non-hydrogen) atoms. The molecule has 8 nitrogen and oxygen atoms in total. The molecule has 0 bridgehead atoms. The number of para-hydroxylation sites is 4. The van der Waals surface area contributed by atoms with Crippen LogP contribution in [0.25, 0.3) is 10.8 Å². The second-order valence-corrected chi connectivity index (χ2v) is 15.4. The number of hydrogen-bond donors (Lipinski definition) is 0. The summed E-state index contributed by atoms with van der Waals surface area (Å²) in [6, 6.07) is 54.5. The molecule has 0 unspecified atom stereocenters. The topological polar surface area (TPSA) is 121 Å². The zero-order valence-electron chi connectivity index (χ0n) is 38.3. The van der Waals surface area contributed by atoms with Crippen LogP contribution in [0, 0.1) is 27.7 Å². The van der Waals surface area contributed by atoms with Gasteiger partial charge in [-0.1, -0.05) is 121 Å². The molecule has 0 saturated heterocycles. The molecule has 0 aliphatic heterocycles. The van der Waals surface area contributed by atoms with Gasteiger partial charge in [-0.3, -0.25) is 20.0 Å². The van der Waals surface area contributed by atoms with Crippen molar-refractivity contribution in [1.82, 2.24) is 9.97 Å². The van der Waals surface area contributed by atoms with Crippen LogP contribution in [0.5, 0.6) is 11.5 Å². The molecular weight excluding hydrogens is 907 g/mol. The third-order valence-electron chi connectivity index (χ3n) is 10.4. The van der Waals surface area contributed by atoms with E-state index in [0.29, 0.717) is 0 Å². The molecule has 0 N–H and O–H groups in total. The molecule has 0 fully saturated rings. The molecule has 8 aromatic rings. The fourth-order valence-corrected chi connectivity index (χ4v) is 6.58. The summed E-state index contributed by atoms with van der Waals surface area (Å²) < 4.78 is 0. The Balaban J connectivity index is 0.000000226. The third kappa shape index (κ3) is 14.3. The maximum Gasteiger partial charge on any atom is 0.0849 e. The first-order chi connectivity index (χ1) is 30.9. The molecule has 0 atom stereocenters. The van der Waals surface area contributed by atoms with Crippen molar-refractivity contribution < 1.29 is 43.8 Å². The van der Waals surface area contributed by atoms with E-state index in [-0.39, 0.29) is 33.6 Å². The number of nitrogens with zero attached hydrogens (tertiary/aromatic N) is 6. The van der Waals surface area contributed by atoms with Crippen LogP contribution in [-0.4, -0.2) is 32.8 Å². The summed E-state index contributed by atoms with van der Waals surface area (Å²) in [5.41, 5.74) is 15.5. The largest absolute Gasteiger partial charge is 0.873 e. The van der Waals surface area contributed by atoms with Gasteiger partial charge < -0.3 is 10.2 Å². The van der Waals surface area contributed by atoms with Gasteiger partial charge in [0.25, 0.3) is 0 Å². The average Bonchev–Trinajstić information content (AvgIpc) is 3.30. The Kier molecular flexibility index (Phi) is 19.6. The van der Waals surface area contributed by atoms with Crippen molar-refractivity contribution in [2.24, 2.45) is 20.0 Å². The Bertz CT molecular complexity index is 2680. The van der Waals surface area contributed by atoms with Gasteiger partial charge in [0, 0.05) is 33.6 Å². The molecule has 0 amide bonds. The van der Waals surface area contributed by atoms with Crippen LogP contribution < -0.4 is 10.2 Å². The van der Waals surface area contributed by atoms with Crippen molar-refractivity contribution in [2.45, 2.75) is 55.4 Å². The van der Waals surface area contributed by atoms with E-state index in [1.54, 1.807) is 0 Å². The van der Waals surface area contributed by atoms with E-state index in [1.165, 1.54) is 12.1 Å². The fourth-order valence-electron chi connectivity index (χ4n) is 6.58. The molecule has 2 radical (unpaired) electrons. The standard InChI is InChI=1S/2C23H23N3.C10H8O2.2Co/c2*1-16-10-5-7-12-20(16)24-18(3)22-14-9-15-23(26-22)19(4)25-21-13-8-6-11-17(21)2;11-9-5-7-3-1-2-4-8(7)6-10(9)12;;/h2*5-15H,1-4H3;1-6,11-12H;;/p-2. The van der Waals surface area contributed by atoms with Gasteiger partial charge in [-0.25, -0.2) is 9.97 Å². The van der Waals surface area contributed by atoms with E-state index in [4.69, 9.17) is 29.9 Å². The molecular formula is C56H52Co2N6O2-2. The number of pyridine rings is 2. The first-order valence-electron chi connectivity index (χ1n) is 21.1. The third-order valence-corrected chi connectivity index (χ3v) is 10.4. The van der Waals surface area contributed by atoms with Gasteiger partial charge in [-0.05, 0) is 137 Å². The Morgan fingerprint density at radius 1 is 0.333 bits per heavy atom. The smallest absolute Gasteiger partial charge is 0.0849 e. The van der Waals surface area contributed by atoms with Crippen LogP contribution in [0.15, 0.2) is 190 Å². The minimum absolute atomic E-state index is 0. The number of hydrogen-bond acceptors (Lipinski definition) is 8. The fraction of sp³-hybridized carbons (Fsp3) is 0.143. The van der Waals surface area contributed by atoms with E-state index >= 15 is 0 Å². The van der Waals surface area contributed by atoms with Crippen LogP contribution in [0.2, 0.25) is 0 Å². The zero-order chi connectivity index (χ0) is 45.6. The average molecular weight is 959 g/mol. The second kappa shape index (κ2) is 25.0. The number of benzene rings is 6. The minimum atomic E-state index is -0.436. The first-order valence-corrected chi connectivity index (χ1v) is 21.1. The van der Waals surface area contributed by atoms with Crippen molar-refractivity contribution >= 4 is 56.4 Å². The number of aliphatic imine (C=N–C) groups is 4. The molecule has 10 heteroatoms. The molecule has 2 heterocycles. The summed E-state index contributed by atoms with van der Waals surface area (Å²) in [4.78, 5) is 28.5. The predicted molar refractivity (Wildman–Crippen MR) is 264 cm³/mol.